The van der Waals surface area contributed by atoms with Gasteiger partial charge in [-0.05, 0) is 60.4 Å². The zero-order valence-electron chi connectivity index (χ0n) is 10.5. The summed E-state index contributed by atoms with van der Waals surface area (Å²) in [6, 6.07) is 3.98. The topological polar surface area (TPSA) is 33.4 Å². The third kappa shape index (κ3) is 2.42. The molecule has 0 saturated carbocycles. The average Bonchev–Trinajstić information content (AvgIpc) is 2.73. The van der Waals surface area contributed by atoms with E-state index in [1.165, 1.54) is 19.4 Å². The fourth-order valence-corrected chi connectivity index (χ4v) is 3.13. The van der Waals surface area contributed by atoms with E-state index in [4.69, 9.17) is 0 Å². The average molecular weight is 309 g/mol. The summed E-state index contributed by atoms with van der Waals surface area (Å²) in [6.45, 7) is 2.39. The van der Waals surface area contributed by atoms with Crippen LogP contribution in [0, 0.1) is 5.92 Å². The zero-order valence-corrected chi connectivity index (χ0v) is 12.1. The molecule has 4 nitrogen and oxygen atoms in total. The lowest BCUT2D eigenvalue weighted by Crippen LogP contribution is -2.33. The predicted molar refractivity (Wildman–Crippen MR) is 74.6 cm³/mol. The summed E-state index contributed by atoms with van der Waals surface area (Å²) >= 11 is 3.51. The van der Waals surface area contributed by atoms with Crippen LogP contribution in [-0.4, -0.2) is 39.6 Å². The molecular weight excluding hydrogens is 292 g/mol. The Kier molecular flexibility index (Phi) is 3.35. The molecule has 0 amide bonds. The molecular formula is C13H17BrN4. The monoisotopic (exact) mass is 308 g/mol. The van der Waals surface area contributed by atoms with Gasteiger partial charge in [0.05, 0.1) is 4.47 Å². The number of nitrogens with zero attached hydrogens (tertiary/aromatic N) is 4. The molecule has 1 atom stereocenters. The smallest absolute Gasteiger partial charge is 0.169 e. The second kappa shape index (κ2) is 4.97. The Bertz CT molecular complexity index is 551. The van der Waals surface area contributed by atoms with Crippen molar-refractivity contribution in [2.24, 2.45) is 5.92 Å². The molecule has 0 bridgehead atoms. The molecule has 1 aliphatic rings. The second-order valence-electron chi connectivity index (χ2n) is 5.13. The van der Waals surface area contributed by atoms with Gasteiger partial charge in [0.1, 0.15) is 0 Å². The van der Waals surface area contributed by atoms with Crippen LogP contribution < -0.4 is 0 Å². The highest BCUT2D eigenvalue weighted by atomic mass is 79.9. The van der Waals surface area contributed by atoms with Crippen molar-refractivity contribution in [3.63, 3.8) is 0 Å². The fourth-order valence-electron chi connectivity index (χ4n) is 2.70. The van der Waals surface area contributed by atoms with E-state index in [1.54, 1.807) is 0 Å². The normalized spacial score (nSPS) is 21.6. The van der Waals surface area contributed by atoms with Crippen molar-refractivity contribution in [2.45, 2.75) is 19.3 Å². The van der Waals surface area contributed by atoms with Crippen LogP contribution in [0.5, 0.6) is 0 Å². The van der Waals surface area contributed by atoms with Crippen molar-refractivity contribution in [3.8, 4) is 0 Å². The van der Waals surface area contributed by atoms with Crippen molar-refractivity contribution < 1.29 is 0 Å². The number of halogens is 1. The summed E-state index contributed by atoms with van der Waals surface area (Å²) in [5.41, 5.74) is 0.914. The van der Waals surface area contributed by atoms with E-state index in [0.717, 1.165) is 28.9 Å². The first kappa shape index (κ1) is 12.1. The number of pyridine rings is 1. The second-order valence-corrected chi connectivity index (χ2v) is 5.98. The maximum absolute atomic E-state index is 4.62. The Balaban J connectivity index is 1.80. The van der Waals surface area contributed by atoms with Crippen LogP contribution in [0.4, 0.5) is 0 Å². The molecule has 3 rings (SSSR count). The first-order valence-electron chi connectivity index (χ1n) is 6.40. The van der Waals surface area contributed by atoms with Gasteiger partial charge in [-0.3, -0.25) is 0 Å². The quantitative estimate of drug-likeness (QED) is 0.854. The standard InChI is InChI=1S/C13H17BrN4/c1-17-6-2-4-10(9-17)8-12-15-13-11(14)5-3-7-18(13)16-12/h3,5,7,10H,2,4,6,8-9H2,1H3. The molecule has 2 aromatic rings. The van der Waals surface area contributed by atoms with Gasteiger partial charge in [-0.15, -0.1) is 0 Å². The summed E-state index contributed by atoms with van der Waals surface area (Å²) in [6.07, 6.45) is 5.52. The molecule has 0 aliphatic carbocycles. The van der Waals surface area contributed by atoms with Crippen LogP contribution >= 0.6 is 15.9 Å². The molecule has 3 heterocycles. The summed E-state index contributed by atoms with van der Waals surface area (Å²) < 4.78 is 2.86. The van der Waals surface area contributed by atoms with Gasteiger partial charge in [-0.1, -0.05) is 0 Å². The molecule has 0 radical (unpaired) electrons. The molecule has 5 heteroatoms. The Morgan fingerprint density at radius 2 is 2.39 bits per heavy atom. The highest BCUT2D eigenvalue weighted by molar-refractivity contribution is 9.10. The highest BCUT2D eigenvalue weighted by Crippen LogP contribution is 2.20. The van der Waals surface area contributed by atoms with Crippen molar-refractivity contribution in [3.05, 3.63) is 28.6 Å². The van der Waals surface area contributed by atoms with E-state index in [-0.39, 0.29) is 0 Å². The van der Waals surface area contributed by atoms with E-state index in [0.29, 0.717) is 5.92 Å². The zero-order chi connectivity index (χ0) is 12.5. The van der Waals surface area contributed by atoms with Gasteiger partial charge in [0.15, 0.2) is 11.5 Å². The molecule has 96 valence electrons. The van der Waals surface area contributed by atoms with Crippen LogP contribution in [0.25, 0.3) is 5.65 Å². The number of piperidine rings is 1. The third-order valence-corrected chi connectivity index (χ3v) is 4.17. The molecule has 2 aromatic heterocycles. The van der Waals surface area contributed by atoms with Gasteiger partial charge in [0.25, 0.3) is 0 Å². The summed E-state index contributed by atoms with van der Waals surface area (Å²) in [5, 5.41) is 4.55. The molecule has 1 aliphatic heterocycles. The van der Waals surface area contributed by atoms with Crippen molar-refractivity contribution >= 4 is 21.6 Å². The van der Waals surface area contributed by atoms with E-state index in [9.17, 15) is 0 Å². The van der Waals surface area contributed by atoms with Gasteiger partial charge in [0, 0.05) is 19.2 Å². The minimum atomic E-state index is 0.694. The van der Waals surface area contributed by atoms with Gasteiger partial charge < -0.3 is 4.90 Å². The molecule has 1 fully saturated rings. The summed E-state index contributed by atoms with van der Waals surface area (Å²) in [5.74, 6) is 1.65. The molecule has 1 saturated heterocycles. The SMILES string of the molecule is CN1CCCC(Cc2nc3c(Br)cccn3n2)C1. The van der Waals surface area contributed by atoms with E-state index in [2.05, 4.69) is 38.0 Å². The number of hydrogen-bond acceptors (Lipinski definition) is 3. The van der Waals surface area contributed by atoms with E-state index in [1.807, 2.05) is 22.8 Å². The minimum Gasteiger partial charge on any atom is -0.306 e. The Labute approximate surface area is 115 Å². The molecule has 0 spiro atoms. The number of hydrogen-bond donors (Lipinski definition) is 0. The number of aromatic nitrogens is 3. The van der Waals surface area contributed by atoms with Crippen LogP contribution in [0.1, 0.15) is 18.7 Å². The largest absolute Gasteiger partial charge is 0.306 e. The van der Waals surface area contributed by atoms with Crippen LogP contribution in [0.15, 0.2) is 22.8 Å². The highest BCUT2D eigenvalue weighted by Gasteiger charge is 2.19. The lowest BCUT2D eigenvalue weighted by Gasteiger charge is -2.28. The maximum Gasteiger partial charge on any atom is 0.169 e. The van der Waals surface area contributed by atoms with Gasteiger partial charge >= 0.3 is 0 Å². The molecule has 1 unspecified atom stereocenters. The molecule has 18 heavy (non-hydrogen) atoms. The lowest BCUT2D eigenvalue weighted by atomic mass is 9.95. The predicted octanol–water partition coefficient (Wildman–Crippen LogP) is 2.38. The summed E-state index contributed by atoms with van der Waals surface area (Å²) in [4.78, 5) is 7.02. The number of rotatable bonds is 2. The minimum absolute atomic E-state index is 0.694. The molecule has 0 N–H and O–H groups in total. The van der Waals surface area contributed by atoms with Crippen molar-refractivity contribution in [1.82, 2.24) is 19.5 Å². The first-order chi connectivity index (χ1) is 8.72. The Morgan fingerprint density at radius 3 is 3.17 bits per heavy atom. The molecule has 0 aromatic carbocycles. The van der Waals surface area contributed by atoms with E-state index < -0.39 is 0 Å². The number of fused-ring (bicyclic) bond motifs is 1. The van der Waals surface area contributed by atoms with Crippen LogP contribution in [0.3, 0.4) is 0 Å². The third-order valence-electron chi connectivity index (χ3n) is 3.55. The lowest BCUT2D eigenvalue weighted by molar-refractivity contribution is 0.207. The van der Waals surface area contributed by atoms with Gasteiger partial charge in [0.2, 0.25) is 0 Å². The van der Waals surface area contributed by atoms with Crippen molar-refractivity contribution in [2.75, 3.05) is 20.1 Å². The van der Waals surface area contributed by atoms with Crippen LogP contribution in [-0.2, 0) is 6.42 Å². The fraction of sp³-hybridized carbons (Fsp3) is 0.538. The maximum atomic E-state index is 4.62. The van der Waals surface area contributed by atoms with E-state index >= 15 is 0 Å². The summed E-state index contributed by atoms with van der Waals surface area (Å²) in [7, 11) is 2.19. The Hall–Kier alpha value is -0.940. The first-order valence-corrected chi connectivity index (χ1v) is 7.20. The van der Waals surface area contributed by atoms with Crippen molar-refractivity contribution in [1.29, 1.82) is 0 Å². The van der Waals surface area contributed by atoms with Gasteiger partial charge in [-0.2, -0.15) is 5.10 Å². The number of likely N-dealkylation sites (tertiary alicyclic amines) is 1. The Morgan fingerprint density at radius 1 is 1.50 bits per heavy atom. The van der Waals surface area contributed by atoms with Gasteiger partial charge in [-0.25, -0.2) is 9.50 Å². The van der Waals surface area contributed by atoms with Crippen LogP contribution in [0.2, 0.25) is 0 Å².